The number of aliphatic hydroxyl groups is 2. The van der Waals surface area contributed by atoms with Crippen molar-refractivity contribution in [2.75, 3.05) is 13.2 Å². The summed E-state index contributed by atoms with van der Waals surface area (Å²) in [6.45, 7) is 0.666. The Kier molecular flexibility index (Phi) is 6.67. The molecule has 0 unspecified atom stereocenters. The van der Waals surface area contributed by atoms with Gasteiger partial charge in [0.25, 0.3) is 0 Å². The van der Waals surface area contributed by atoms with Gasteiger partial charge in [0.05, 0.1) is 0 Å². The molecule has 0 saturated heterocycles. The number of rotatable bonds is 6. The van der Waals surface area contributed by atoms with Crippen LogP contribution in [-0.2, 0) is 0 Å². The van der Waals surface area contributed by atoms with E-state index >= 15 is 0 Å². The quantitative estimate of drug-likeness (QED) is 0.715. The molecule has 0 saturated carbocycles. The molecule has 0 heterocycles. The fourth-order valence-electron chi connectivity index (χ4n) is 1.24. The SMILES string of the molecule is [CH3][Sn]([CH3])([CH2]CCO)[CH2]CCO. The summed E-state index contributed by atoms with van der Waals surface area (Å²) in [4.78, 5) is 4.78. The summed E-state index contributed by atoms with van der Waals surface area (Å²) in [6, 6.07) is 0. The van der Waals surface area contributed by atoms with Crippen molar-refractivity contribution in [3.05, 3.63) is 0 Å². The molecule has 0 aliphatic carbocycles. The Bertz CT molecular complexity index is 84.1. The first-order valence-corrected chi connectivity index (χ1v) is 14.1. The molecule has 2 nitrogen and oxygen atoms in total. The van der Waals surface area contributed by atoms with Crippen LogP contribution < -0.4 is 0 Å². The summed E-state index contributed by atoms with van der Waals surface area (Å²) in [5.74, 6) is 0. The molecule has 0 rings (SSSR count). The van der Waals surface area contributed by atoms with Crippen LogP contribution >= 0.6 is 0 Å². The van der Waals surface area contributed by atoms with Crippen LogP contribution in [0.25, 0.3) is 0 Å². The van der Waals surface area contributed by atoms with Crippen LogP contribution in [0, 0.1) is 0 Å². The Morgan fingerprint density at radius 2 is 1.27 bits per heavy atom. The summed E-state index contributed by atoms with van der Waals surface area (Å²) in [6.07, 6.45) is 1.93. The summed E-state index contributed by atoms with van der Waals surface area (Å²) >= 11 is -1.76. The molecule has 0 spiro atoms. The molecule has 0 atom stereocenters. The molecule has 0 bridgehead atoms. The molecule has 68 valence electrons. The van der Waals surface area contributed by atoms with Crippen molar-refractivity contribution >= 4 is 18.4 Å². The van der Waals surface area contributed by atoms with E-state index in [-0.39, 0.29) is 0 Å². The predicted octanol–water partition coefficient (Wildman–Crippen LogP) is 1.46. The zero-order valence-corrected chi connectivity index (χ0v) is 10.5. The summed E-state index contributed by atoms with van der Waals surface area (Å²) in [7, 11) is 0. The maximum atomic E-state index is 8.64. The predicted molar refractivity (Wildman–Crippen MR) is 50.5 cm³/mol. The maximum absolute atomic E-state index is 8.64. The van der Waals surface area contributed by atoms with Crippen molar-refractivity contribution in [3.8, 4) is 0 Å². The van der Waals surface area contributed by atoms with Crippen LogP contribution in [0.3, 0.4) is 0 Å². The monoisotopic (exact) mass is 268 g/mol. The minimum absolute atomic E-state index is 0.333. The van der Waals surface area contributed by atoms with Crippen molar-refractivity contribution in [2.45, 2.75) is 31.6 Å². The fourth-order valence-corrected chi connectivity index (χ4v) is 8.32. The average Bonchev–Trinajstić information content (AvgIpc) is 1.97. The van der Waals surface area contributed by atoms with Crippen molar-refractivity contribution in [1.29, 1.82) is 0 Å². The Labute approximate surface area is 73.5 Å². The number of aliphatic hydroxyl groups excluding tert-OH is 2. The Morgan fingerprint density at radius 3 is 1.55 bits per heavy atom. The molecular formula is C8H20O2Sn. The van der Waals surface area contributed by atoms with Gasteiger partial charge >= 0.3 is 73.4 Å². The van der Waals surface area contributed by atoms with E-state index in [9.17, 15) is 0 Å². The number of hydrogen-bond acceptors (Lipinski definition) is 2. The van der Waals surface area contributed by atoms with Crippen LogP contribution in [0.5, 0.6) is 0 Å². The number of hydrogen-bond donors (Lipinski definition) is 2. The topological polar surface area (TPSA) is 40.5 Å². The van der Waals surface area contributed by atoms with E-state index in [2.05, 4.69) is 9.88 Å². The molecule has 3 heteroatoms. The van der Waals surface area contributed by atoms with Crippen molar-refractivity contribution in [1.82, 2.24) is 0 Å². The molecule has 0 fully saturated rings. The zero-order chi connectivity index (χ0) is 8.74. The molecule has 2 N–H and O–H groups in total. The van der Waals surface area contributed by atoms with Gasteiger partial charge in [0, 0.05) is 0 Å². The van der Waals surface area contributed by atoms with Gasteiger partial charge in [0.15, 0.2) is 0 Å². The fraction of sp³-hybridized carbons (Fsp3) is 1.00. The van der Waals surface area contributed by atoms with Gasteiger partial charge in [0.1, 0.15) is 0 Å². The Balaban J connectivity index is 3.43. The van der Waals surface area contributed by atoms with Crippen molar-refractivity contribution in [2.24, 2.45) is 0 Å². The average molecular weight is 267 g/mol. The van der Waals surface area contributed by atoms with E-state index in [0.717, 1.165) is 12.8 Å². The van der Waals surface area contributed by atoms with E-state index in [1.165, 1.54) is 8.87 Å². The van der Waals surface area contributed by atoms with E-state index in [1.54, 1.807) is 0 Å². The first-order chi connectivity index (χ1) is 5.12. The molecule has 0 aliphatic rings. The molecule has 11 heavy (non-hydrogen) atoms. The van der Waals surface area contributed by atoms with Gasteiger partial charge in [-0.25, -0.2) is 0 Å². The van der Waals surface area contributed by atoms with Gasteiger partial charge in [-0.3, -0.25) is 0 Å². The second kappa shape index (κ2) is 6.26. The van der Waals surface area contributed by atoms with E-state index in [4.69, 9.17) is 10.2 Å². The van der Waals surface area contributed by atoms with Gasteiger partial charge in [-0.05, 0) is 0 Å². The normalized spacial score (nSPS) is 12.0. The van der Waals surface area contributed by atoms with Crippen LogP contribution in [0.2, 0.25) is 18.8 Å². The van der Waals surface area contributed by atoms with Crippen molar-refractivity contribution in [3.63, 3.8) is 0 Å². The van der Waals surface area contributed by atoms with Crippen molar-refractivity contribution < 1.29 is 10.2 Å². The van der Waals surface area contributed by atoms with E-state index in [0.29, 0.717) is 13.2 Å². The van der Waals surface area contributed by atoms with E-state index < -0.39 is 18.4 Å². The molecule has 0 aromatic heterocycles. The minimum atomic E-state index is -1.76. The molecule has 0 aromatic carbocycles. The Morgan fingerprint density at radius 1 is 0.909 bits per heavy atom. The van der Waals surface area contributed by atoms with Gasteiger partial charge in [-0.1, -0.05) is 0 Å². The second-order valence-electron chi connectivity index (χ2n) is 3.82. The summed E-state index contributed by atoms with van der Waals surface area (Å²) in [5.41, 5.74) is 0. The van der Waals surface area contributed by atoms with Crippen LogP contribution in [0.1, 0.15) is 12.8 Å². The molecule has 0 aliphatic heterocycles. The van der Waals surface area contributed by atoms with Gasteiger partial charge in [-0.2, -0.15) is 0 Å². The van der Waals surface area contributed by atoms with Crippen LogP contribution in [0.15, 0.2) is 0 Å². The first kappa shape index (κ1) is 11.7. The third kappa shape index (κ3) is 7.09. The second-order valence-corrected chi connectivity index (χ2v) is 19.0. The van der Waals surface area contributed by atoms with Crippen LogP contribution in [0.4, 0.5) is 0 Å². The third-order valence-electron chi connectivity index (χ3n) is 2.02. The summed E-state index contributed by atoms with van der Waals surface area (Å²) in [5, 5.41) is 17.3. The molecule has 0 amide bonds. The Hall–Kier alpha value is 0.719. The van der Waals surface area contributed by atoms with E-state index in [1.807, 2.05) is 0 Å². The molecular weight excluding hydrogens is 247 g/mol. The van der Waals surface area contributed by atoms with Gasteiger partial charge in [-0.15, -0.1) is 0 Å². The standard InChI is InChI=1S/2C3H7O.2CH3.Sn/c2*1-2-3-4;;;/h2*4H,1-3H2;2*1H3;. The molecule has 0 radical (unpaired) electrons. The molecule has 0 aromatic rings. The van der Waals surface area contributed by atoms with Crippen LogP contribution in [-0.4, -0.2) is 41.8 Å². The summed E-state index contributed by atoms with van der Waals surface area (Å²) < 4.78 is 2.51. The van der Waals surface area contributed by atoms with Gasteiger partial charge < -0.3 is 0 Å². The zero-order valence-electron chi connectivity index (χ0n) is 7.64. The third-order valence-corrected chi connectivity index (χ3v) is 11.8. The first-order valence-electron chi connectivity index (χ1n) is 4.34. The van der Waals surface area contributed by atoms with Gasteiger partial charge in [0.2, 0.25) is 0 Å².